The average molecular weight is 837 g/mol. The molecule has 0 aliphatic carbocycles. The number of esters is 2. The fourth-order valence-corrected chi connectivity index (χ4v) is 6.90. The normalized spacial score (nSPS) is 12.8. The van der Waals surface area contributed by atoms with Crippen LogP contribution in [0.1, 0.15) is 239 Å². The van der Waals surface area contributed by atoms with Gasteiger partial charge in [0.1, 0.15) is 6.61 Å². The zero-order valence-corrected chi connectivity index (χ0v) is 39.7. The second kappa shape index (κ2) is 50.7. The predicted molar refractivity (Wildman–Crippen MR) is 260 cm³/mol. The van der Waals surface area contributed by atoms with Gasteiger partial charge in [-0.1, -0.05) is 190 Å². The van der Waals surface area contributed by atoms with Crippen LogP contribution < -0.4 is 0 Å². The maximum Gasteiger partial charge on any atom is 0.306 e. The Bertz CT molecular complexity index is 1080. The van der Waals surface area contributed by atoms with Crippen molar-refractivity contribution < 1.29 is 23.8 Å². The molecular formula is C55H96O5. The molecule has 0 aromatic carbocycles. The van der Waals surface area contributed by atoms with Crippen LogP contribution in [0.4, 0.5) is 0 Å². The van der Waals surface area contributed by atoms with Crippen LogP contribution in [0.3, 0.4) is 0 Å². The van der Waals surface area contributed by atoms with E-state index in [9.17, 15) is 9.59 Å². The van der Waals surface area contributed by atoms with Crippen LogP contribution >= 0.6 is 0 Å². The SMILES string of the molecule is CC/C=C\C/C=C\C/C=C\C/C=C\CCCCCCCOCC(COC(=O)CCCCCCC/C=C\CCCCCC)OC(=O)CCCCCCC/C=C\CCCCCC. The third-order valence-electron chi connectivity index (χ3n) is 10.7. The number of ether oxygens (including phenoxy) is 3. The molecule has 0 aromatic rings. The van der Waals surface area contributed by atoms with E-state index in [0.29, 0.717) is 19.4 Å². The van der Waals surface area contributed by atoms with Gasteiger partial charge < -0.3 is 14.2 Å². The summed E-state index contributed by atoms with van der Waals surface area (Å²) in [6.45, 7) is 7.63. The molecule has 0 fully saturated rings. The second-order valence-electron chi connectivity index (χ2n) is 16.7. The molecule has 0 heterocycles. The van der Waals surface area contributed by atoms with Crippen LogP contribution in [0.5, 0.6) is 0 Å². The van der Waals surface area contributed by atoms with Crippen molar-refractivity contribution in [3.05, 3.63) is 72.9 Å². The van der Waals surface area contributed by atoms with Crippen molar-refractivity contribution >= 4 is 11.9 Å². The smallest absolute Gasteiger partial charge is 0.306 e. The summed E-state index contributed by atoms with van der Waals surface area (Å²) in [6.07, 6.45) is 64.8. The van der Waals surface area contributed by atoms with Gasteiger partial charge in [-0.2, -0.15) is 0 Å². The van der Waals surface area contributed by atoms with Gasteiger partial charge in [-0.25, -0.2) is 0 Å². The van der Waals surface area contributed by atoms with E-state index in [2.05, 4.69) is 93.7 Å². The number of unbranched alkanes of at least 4 members (excludes halogenated alkanes) is 23. The number of carbonyl (C=O) groups excluding carboxylic acids is 2. The van der Waals surface area contributed by atoms with Gasteiger partial charge in [-0.15, -0.1) is 0 Å². The highest BCUT2D eigenvalue weighted by atomic mass is 16.6. The van der Waals surface area contributed by atoms with E-state index in [4.69, 9.17) is 14.2 Å². The molecule has 0 spiro atoms. The average Bonchev–Trinajstić information content (AvgIpc) is 3.25. The van der Waals surface area contributed by atoms with Crippen molar-refractivity contribution in [1.82, 2.24) is 0 Å². The Balaban J connectivity index is 4.32. The van der Waals surface area contributed by atoms with Crippen LogP contribution in [0.25, 0.3) is 0 Å². The highest BCUT2D eigenvalue weighted by Crippen LogP contribution is 2.13. The van der Waals surface area contributed by atoms with E-state index < -0.39 is 6.10 Å². The molecule has 0 aromatic heterocycles. The minimum absolute atomic E-state index is 0.0682. The van der Waals surface area contributed by atoms with Crippen molar-refractivity contribution in [1.29, 1.82) is 0 Å². The zero-order chi connectivity index (χ0) is 43.5. The van der Waals surface area contributed by atoms with Crippen molar-refractivity contribution in [2.75, 3.05) is 19.8 Å². The number of carbonyl (C=O) groups is 2. The Hall–Kier alpha value is -2.66. The lowest BCUT2D eigenvalue weighted by Crippen LogP contribution is -2.30. The molecule has 0 radical (unpaired) electrons. The first-order chi connectivity index (χ1) is 29.6. The number of hydrogen-bond donors (Lipinski definition) is 0. The molecule has 1 atom stereocenters. The van der Waals surface area contributed by atoms with Crippen LogP contribution in [0.2, 0.25) is 0 Å². The van der Waals surface area contributed by atoms with Gasteiger partial charge in [0.2, 0.25) is 0 Å². The van der Waals surface area contributed by atoms with Crippen molar-refractivity contribution in [2.24, 2.45) is 0 Å². The quantitative estimate of drug-likeness (QED) is 0.0347. The van der Waals surface area contributed by atoms with Gasteiger partial charge in [0.25, 0.3) is 0 Å². The number of rotatable bonds is 46. The molecule has 5 heteroatoms. The molecule has 60 heavy (non-hydrogen) atoms. The fraction of sp³-hybridized carbons (Fsp3) is 0.745. The largest absolute Gasteiger partial charge is 0.462 e. The third kappa shape index (κ3) is 48.0. The molecule has 0 aliphatic heterocycles. The lowest BCUT2D eigenvalue weighted by Gasteiger charge is -2.18. The lowest BCUT2D eigenvalue weighted by molar-refractivity contribution is -0.163. The summed E-state index contributed by atoms with van der Waals surface area (Å²) in [7, 11) is 0. The predicted octanol–water partition coefficient (Wildman–Crippen LogP) is 17.1. The van der Waals surface area contributed by atoms with Gasteiger partial charge in [0.15, 0.2) is 6.10 Å². The van der Waals surface area contributed by atoms with Gasteiger partial charge in [0, 0.05) is 19.4 Å². The Kier molecular flexibility index (Phi) is 48.4. The molecule has 0 bridgehead atoms. The van der Waals surface area contributed by atoms with E-state index in [1.165, 1.54) is 109 Å². The molecule has 0 amide bonds. The van der Waals surface area contributed by atoms with E-state index in [1.807, 2.05) is 0 Å². The first kappa shape index (κ1) is 57.3. The maximum absolute atomic E-state index is 12.8. The summed E-state index contributed by atoms with van der Waals surface area (Å²) in [5.41, 5.74) is 0. The van der Waals surface area contributed by atoms with Gasteiger partial charge in [-0.05, 0) is 109 Å². The summed E-state index contributed by atoms with van der Waals surface area (Å²) in [6, 6.07) is 0. The van der Waals surface area contributed by atoms with E-state index in [0.717, 1.165) is 96.3 Å². The highest BCUT2D eigenvalue weighted by Gasteiger charge is 2.17. The van der Waals surface area contributed by atoms with E-state index in [-0.39, 0.29) is 25.2 Å². The maximum atomic E-state index is 12.8. The molecule has 346 valence electrons. The van der Waals surface area contributed by atoms with Gasteiger partial charge >= 0.3 is 11.9 Å². The standard InChI is InChI=1S/C55H96O5/c1-4-7-10-13-16-19-22-25-26-27-28-29-32-35-38-41-44-47-50-58-51-53(60-55(57)49-46-43-40-37-34-31-24-21-18-15-12-9-6-3)52-59-54(56)48-45-42-39-36-33-30-23-20-17-14-11-8-5-2/h7,10,16,19-21,23-26,28-29,53H,4-6,8-9,11-15,17-18,22,27,30-52H2,1-3H3/b10-7-,19-16-,23-20-,24-21-,26-25-,29-28-. The van der Waals surface area contributed by atoms with Crippen molar-refractivity contribution in [3.8, 4) is 0 Å². The van der Waals surface area contributed by atoms with Gasteiger partial charge in [0.05, 0.1) is 6.61 Å². The van der Waals surface area contributed by atoms with E-state index >= 15 is 0 Å². The fourth-order valence-electron chi connectivity index (χ4n) is 6.90. The molecule has 0 N–H and O–H groups in total. The highest BCUT2D eigenvalue weighted by molar-refractivity contribution is 5.70. The monoisotopic (exact) mass is 837 g/mol. The molecule has 0 saturated heterocycles. The van der Waals surface area contributed by atoms with Crippen LogP contribution in [0.15, 0.2) is 72.9 Å². The minimum Gasteiger partial charge on any atom is -0.462 e. The van der Waals surface area contributed by atoms with Crippen LogP contribution in [0, 0.1) is 0 Å². The van der Waals surface area contributed by atoms with Crippen molar-refractivity contribution in [2.45, 2.75) is 245 Å². The third-order valence-corrected chi connectivity index (χ3v) is 10.7. The van der Waals surface area contributed by atoms with Crippen LogP contribution in [-0.4, -0.2) is 37.9 Å². The topological polar surface area (TPSA) is 61.8 Å². The summed E-state index contributed by atoms with van der Waals surface area (Å²) in [4.78, 5) is 25.3. The minimum atomic E-state index is -0.555. The second-order valence-corrected chi connectivity index (χ2v) is 16.7. The summed E-state index contributed by atoms with van der Waals surface area (Å²) >= 11 is 0. The number of hydrogen-bond acceptors (Lipinski definition) is 5. The first-order valence-corrected chi connectivity index (χ1v) is 25.5. The molecular weight excluding hydrogens is 741 g/mol. The molecule has 0 aliphatic rings. The Morgan fingerprint density at radius 2 is 0.750 bits per heavy atom. The molecule has 0 rings (SSSR count). The Labute approximate surface area is 372 Å². The van der Waals surface area contributed by atoms with E-state index in [1.54, 1.807) is 0 Å². The van der Waals surface area contributed by atoms with Gasteiger partial charge in [-0.3, -0.25) is 9.59 Å². The number of allylic oxidation sites excluding steroid dienone is 12. The van der Waals surface area contributed by atoms with Crippen molar-refractivity contribution in [3.63, 3.8) is 0 Å². The Morgan fingerprint density at radius 1 is 0.383 bits per heavy atom. The zero-order valence-electron chi connectivity index (χ0n) is 39.7. The Morgan fingerprint density at radius 3 is 1.22 bits per heavy atom. The molecule has 0 saturated carbocycles. The summed E-state index contributed by atoms with van der Waals surface area (Å²) in [5.74, 6) is -0.427. The molecule has 1 unspecified atom stereocenters. The first-order valence-electron chi connectivity index (χ1n) is 25.5. The summed E-state index contributed by atoms with van der Waals surface area (Å²) < 4.78 is 17.4. The molecule has 5 nitrogen and oxygen atoms in total. The lowest BCUT2D eigenvalue weighted by atomic mass is 10.1. The van der Waals surface area contributed by atoms with Crippen LogP contribution in [-0.2, 0) is 23.8 Å². The summed E-state index contributed by atoms with van der Waals surface area (Å²) in [5, 5.41) is 0.